The zero-order chi connectivity index (χ0) is 11.4. The average Bonchev–Trinajstić information content (AvgIpc) is 2.15. The lowest BCUT2D eigenvalue weighted by Gasteiger charge is -2.26. The Kier molecular flexibility index (Phi) is 4.52. The van der Waals surface area contributed by atoms with E-state index in [9.17, 15) is 14.7 Å². The Morgan fingerprint density at radius 2 is 1.93 bits per heavy atom. The van der Waals surface area contributed by atoms with Crippen LogP contribution in [0.4, 0.5) is 0 Å². The Hall–Kier alpha value is -1.14. The third-order valence-electron chi connectivity index (χ3n) is 1.85. The lowest BCUT2D eigenvalue weighted by Crippen LogP contribution is -2.53. The van der Waals surface area contributed by atoms with Gasteiger partial charge in [-0.1, -0.05) is 6.92 Å². The van der Waals surface area contributed by atoms with E-state index >= 15 is 0 Å². The normalized spacial score (nSPS) is 16.9. The molecule has 0 aromatic carbocycles. The molecule has 0 aromatic rings. The molecule has 3 N–H and O–H groups in total. The van der Waals surface area contributed by atoms with Gasteiger partial charge in [0, 0.05) is 0 Å². The summed E-state index contributed by atoms with van der Waals surface area (Å²) in [5.74, 6) is -2.79. The molecular formula is C8H14O6. The van der Waals surface area contributed by atoms with Gasteiger partial charge in [0.15, 0.2) is 11.7 Å². The van der Waals surface area contributed by atoms with Crippen LogP contribution in [0.25, 0.3) is 0 Å². The van der Waals surface area contributed by atoms with Crippen LogP contribution in [-0.2, 0) is 14.3 Å². The lowest BCUT2D eigenvalue weighted by molar-refractivity contribution is -0.187. The summed E-state index contributed by atoms with van der Waals surface area (Å²) in [5, 5.41) is 27.1. The first kappa shape index (κ1) is 12.9. The highest BCUT2D eigenvalue weighted by Gasteiger charge is 2.47. The van der Waals surface area contributed by atoms with E-state index in [2.05, 4.69) is 4.74 Å². The lowest BCUT2D eigenvalue weighted by atomic mass is 9.94. The van der Waals surface area contributed by atoms with Gasteiger partial charge in [0.2, 0.25) is 0 Å². The van der Waals surface area contributed by atoms with E-state index in [1.54, 1.807) is 0 Å². The van der Waals surface area contributed by atoms with Gasteiger partial charge in [0.1, 0.15) is 0 Å². The molecule has 82 valence electrons. The minimum absolute atomic E-state index is 0.00742. The molecule has 0 amide bonds. The van der Waals surface area contributed by atoms with Gasteiger partial charge in [0.25, 0.3) is 0 Å². The van der Waals surface area contributed by atoms with E-state index in [0.717, 1.165) is 0 Å². The van der Waals surface area contributed by atoms with Crippen LogP contribution in [0, 0.1) is 0 Å². The van der Waals surface area contributed by atoms with E-state index in [-0.39, 0.29) is 13.0 Å². The SMILES string of the molecule is CCOC(=O)[C@@](O)(CC)[C@@H](O)C(=O)O. The molecule has 0 radical (unpaired) electrons. The van der Waals surface area contributed by atoms with Crippen molar-refractivity contribution >= 4 is 11.9 Å². The Morgan fingerprint density at radius 1 is 1.43 bits per heavy atom. The summed E-state index contributed by atoms with van der Waals surface area (Å²) in [6.07, 6.45) is -2.41. The molecule has 0 aromatic heterocycles. The van der Waals surface area contributed by atoms with E-state index < -0.39 is 23.6 Å². The van der Waals surface area contributed by atoms with Crippen molar-refractivity contribution in [2.45, 2.75) is 32.0 Å². The summed E-state index contributed by atoms with van der Waals surface area (Å²) in [7, 11) is 0. The van der Waals surface area contributed by atoms with Gasteiger partial charge in [-0.2, -0.15) is 0 Å². The van der Waals surface area contributed by atoms with Crippen molar-refractivity contribution in [1.82, 2.24) is 0 Å². The molecule has 0 aliphatic rings. The number of esters is 1. The Labute approximate surface area is 81.1 Å². The number of ether oxygens (including phenoxy) is 1. The molecular weight excluding hydrogens is 192 g/mol. The van der Waals surface area contributed by atoms with Crippen molar-refractivity contribution in [3.8, 4) is 0 Å². The highest BCUT2D eigenvalue weighted by Crippen LogP contribution is 2.17. The van der Waals surface area contributed by atoms with Crippen molar-refractivity contribution in [3.05, 3.63) is 0 Å². The number of carboxylic acids is 1. The van der Waals surface area contributed by atoms with Crippen molar-refractivity contribution in [3.63, 3.8) is 0 Å². The maximum atomic E-state index is 11.1. The number of hydrogen-bond donors (Lipinski definition) is 3. The van der Waals surface area contributed by atoms with E-state index in [1.807, 2.05) is 0 Å². The van der Waals surface area contributed by atoms with Gasteiger partial charge in [0.05, 0.1) is 6.61 Å². The maximum Gasteiger partial charge on any atom is 0.341 e. The van der Waals surface area contributed by atoms with Crippen molar-refractivity contribution in [2.75, 3.05) is 6.61 Å². The highest BCUT2D eigenvalue weighted by atomic mass is 16.6. The Morgan fingerprint density at radius 3 is 2.21 bits per heavy atom. The predicted octanol–water partition coefficient (Wildman–Crippen LogP) is -0.864. The van der Waals surface area contributed by atoms with E-state index in [1.165, 1.54) is 13.8 Å². The van der Waals surface area contributed by atoms with E-state index in [0.29, 0.717) is 0 Å². The number of rotatable bonds is 5. The second-order valence-electron chi connectivity index (χ2n) is 2.74. The van der Waals surface area contributed by atoms with Gasteiger partial charge in [-0.3, -0.25) is 0 Å². The molecule has 0 saturated heterocycles. The molecule has 0 aliphatic heterocycles. The minimum Gasteiger partial charge on any atom is -0.479 e. The van der Waals surface area contributed by atoms with Crippen molar-refractivity contribution < 1.29 is 29.6 Å². The van der Waals surface area contributed by atoms with Gasteiger partial charge >= 0.3 is 11.9 Å². The van der Waals surface area contributed by atoms with Crippen LogP contribution in [0.1, 0.15) is 20.3 Å². The zero-order valence-corrected chi connectivity index (χ0v) is 8.06. The van der Waals surface area contributed by atoms with Crippen LogP contribution in [0.15, 0.2) is 0 Å². The monoisotopic (exact) mass is 206 g/mol. The second-order valence-corrected chi connectivity index (χ2v) is 2.74. The van der Waals surface area contributed by atoms with Crippen LogP contribution >= 0.6 is 0 Å². The first-order valence-corrected chi connectivity index (χ1v) is 4.20. The van der Waals surface area contributed by atoms with Crippen LogP contribution in [0.5, 0.6) is 0 Å². The highest BCUT2D eigenvalue weighted by molar-refractivity contribution is 5.88. The maximum absolute atomic E-state index is 11.1. The first-order chi connectivity index (χ1) is 6.40. The fraction of sp³-hybridized carbons (Fsp3) is 0.750. The number of carbonyl (C=O) groups excluding carboxylic acids is 1. The van der Waals surface area contributed by atoms with Gasteiger partial charge in [-0.25, -0.2) is 9.59 Å². The molecule has 0 bridgehead atoms. The van der Waals surface area contributed by atoms with Gasteiger partial charge in [-0.05, 0) is 13.3 Å². The average molecular weight is 206 g/mol. The summed E-state index contributed by atoms with van der Waals surface area (Å²) in [4.78, 5) is 21.5. The molecule has 6 heteroatoms. The summed E-state index contributed by atoms with van der Waals surface area (Å²) in [5.41, 5.74) is -2.37. The van der Waals surface area contributed by atoms with Crippen LogP contribution in [0.2, 0.25) is 0 Å². The molecule has 0 spiro atoms. The molecule has 0 rings (SSSR count). The second kappa shape index (κ2) is 4.92. The van der Waals surface area contributed by atoms with E-state index in [4.69, 9.17) is 10.2 Å². The summed E-state index contributed by atoms with van der Waals surface area (Å²) in [6.45, 7) is 2.90. The van der Waals surface area contributed by atoms with Crippen molar-refractivity contribution in [2.24, 2.45) is 0 Å². The smallest absolute Gasteiger partial charge is 0.341 e. The largest absolute Gasteiger partial charge is 0.479 e. The number of carbonyl (C=O) groups is 2. The van der Waals surface area contributed by atoms with Crippen LogP contribution in [0.3, 0.4) is 0 Å². The zero-order valence-electron chi connectivity index (χ0n) is 8.06. The fourth-order valence-electron chi connectivity index (χ4n) is 0.910. The molecule has 0 unspecified atom stereocenters. The first-order valence-electron chi connectivity index (χ1n) is 4.20. The molecule has 6 nitrogen and oxygen atoms in total. The number of aliphatic hydroxyl groups is 2. The number of aliphatic hydroxyl groups excluding tert-OH is 1. The summed E-state index contributed by atoms with van der Waals surface area (Å²) >= 11 is 0. The number of hydrogen-bond acceptors (Lipinski definition) is 5. The standard InChI is InChI=1S/C8H14O6/c1-3-8(13,5(9)6(10)11)7(12)14-4-2/h5,9,13H,3-4H2,1-2H3,(H,10,11)/t5-,8+/m0/s1. The van der Waals surface area contributed by atoms with Crippen LogP contribution in [-0.4, -0.2) is 45.6 Å². The summed E-state index contributed by atoms with van der Waals surface area (Å²) < 4.78 is 4.46. The van der Waals surface area contributed by atoms with Gasteiger partial charge in [-0.15, -0.1) is 0 Å². The topological polar surface area (TPSA) is 104 Å². The molecule has 2 atom stereocenters. The summed E-state index contributed by atoms with van der Waals surface area (Å²) in [6, 6.07) is 0. The third-order valence-corrected chi connectivity index (χ3v) is 1.85. The third kappa shape index (κ3) is 2.43. The Bertz CT molecular complexity index is 226. The number of carboxylic acid groups (broad SMARTS) is 1. The fourth-order valence-corrected chi connectivity index (χ4v) is 0.910. The predicted molar refractivity (Wildman–Crippen MR) is 45.5 cm³/mol. The molecule has 0 heterocycles. The van der Waals surface area contributed by atoms with Crippen molar-refractivity contribution in [1.29, 1.82) is 0 Å². The quantitative estimate of drug-likeness (QED) is 0.505. The van der Waals surface area contributed by atoms with Gasteiger partial charge < -0.3 is 20.1 Å². The molecule has 14 heavy (non-hydrogen) atoms. The van der Waals surface area contributed by atoms with Crippen LogP contribution < -0.4 is 0 Å². The minimum atomic E-state index is -2.37. The molecule has 0 saturated carbocycles. The molecule has 0 aliphatic carbocycles. The number of aliphatic carboxylic acids is 1. The molecule has 0 fully saturated rings. The Balaban J connectivity index is 4.78.